The molecule has 122 valence electrons. The summed E-state index contributed by atoms with van der Waals surface area (Å²) in [5, 5.41) is 8.77. The third kappa shape index (κ3) is 4.80. The van der Waals surface area contributed by atoms with Gasteiger partial charge in [0.2, 0.25) is 10.0 Å². The first-order valence-electron chi connectivity index (χ1n) is 6.25. The fourth-order valence-electron chi connectivity index (χ4n) is 1.70. The fourth-order valence-corrected chi connectivity index (χ4v) is 2.21. The van der Waals surface area contributed by atoms with Crippen LogP contribution in [0.3, 0.4) is 0 Å². The van der Waals surface area contributed by atoms with Crippen molar-refractivity contribution in [2.45, 2.75) is 11.1 Å². The summed E-state index contributed by atoms with van der Waals surface area (Å²) in [4.78, 5) is -0.0510. The van der Waals surface area contributed by atoms with Crippen LogP contribution >= 0.6 is 0 Å². The molecule has 3 N–H and O–H groups in total. The van der Waals surface area contributed by atoms with Crippen LogP contribution in [0, 0.1) is 0 Å². The van der Waals surface area contributed by atoms with Gasteiger partial charge in [-0.2, -0.15) is 18.3 Å². The van der Waals surface area contributed by atoms with Crippen LogP contribution in [-0.4, -0.2) is 14.6 Å². The molecule has 0 radical (unpaired) electrons. The highest BCUT2D eigenvalue weighted by atomic mass is 32.2. The van der Waals surface area contributed by atoms with Crippen LogP contribution in [0.5, 0.6) is 0 Å². The molecule has 0 amide bonds. The zero-order valence-electron chi connectivity index (χ0n) is 11.6. The zero-order chi connectivity index (χ0) is 17.1. The summed E-state index contributed by atoms with van der Waals surface area (Å²) >= 11 is 0. The highest BCUT2D eigenvalue weighted by Gasteiger charge is 2.30. The third-order valence-corrected chi connectivity index (χ3v) is 3.73. The summed E-state index contributed by atoms with van der Waals surface area (Å²) in [6.07, 6.45) is -3.19. The van der Waals surface area contributed by atoms with Gasteiger partial charge >= 0.3 is 6.18 Å². The van der Waals surface area contributed by atoms with Gasteiger partial charge in [0.05, 0.1) is 22.4 Å². The molecule has 0 aromatic heterocycles. The minimum Gasteiger partial charge on any atom is -0.279 e. The SMILES string of the molecule is NS(=O)(=O)c1ccc(N/N=C/c2cccc(C(F)(F)F)c2)cc1. The molecule has 0 fully saturated rings. The van der Waals surface area contributed by atoms with E-state index in [1.807, 2.05) is 0 Å². The second-order valence-corrected chi connectivity index (χ2v) is 6.12. The number of rotatable bonds is 4. The second kappa shape index (κ2) is 6.39. The van der Waals surface area contributed by atoms with Crippen molar-refractivity contribution in [1.29, 1.82) is 0 Å². The largest absolute Gasteiger partial charge is 0.416 e. The molecule has 0 aliphatic heterocycles. The Labute approximate surface area is 130 Å². The van der Waals surface area contributed by atoms with Gasteiger partial charge in [0, 0.05) is 0 Å². The third-order valence-electron chi connectivity index (χ3n) is 2.80. The van der Waals surface area contributed by atoms with E-state index in [1.54, 1.807) is 0 Å². The van der Waals surface area contributed by atoms with E-state index >= 15 is 0 Å². The van der Waals surface area contributed by atoms with Crippen molar-refractivity contribution in [1.82, 2.24) is 0 Å². The Hall–Kier alpha value is -2.39. The number of nitrogens with one attached hydrogen (secondary N) is 1. The minimum absolute atomic E-state index is 0.0510. The van der Waals surface area contributed by atoms with Crippen LogP contribution in [0.15, 0.2) is 58.5 Å². The smallest absolute Gasteiger partial charge is 0.279 e. The minimum atomic E-state index is -4.42. The maximum atomic E-state index is 12.6. The first kappa shape index (κ1) is 17.0. The highest BCUT2D eigenvalue weighted by Crippen LogP contribution is 2.29. The van der Waals surface area contributed by atoms with Crippen molar-refractivity contribution in [3.8, 4) is 0 Å². The molecule has 0 atom stereocenters. The standard InChI is InChI=1S/C14H12F3N3O2S/c15-14(16,17)11-3-1-2-10(8-11)9-19-20-12-4-6-13(7-5-12)23(18,21)22/h1-9,20H,(H2,18,21,22)/b19-9+. The Bertz CT molecular complexity index is 816. The molecular formula is C14H12F3N3O2S. The monoisotopic (exact) mass is 343 g/mol. The van der Waals surface area contributed by atoms with Gasteiger partial charge < -0.3 is 0 Å². The number of nitrogens with two attached hydrogens (primary N) is 1. The first-order valence-corrected chi connectivity index (χ1v) is 7.80. The number of hydrogen-bond donors (Lipinski definition) is 2. The van der Waals surface area contributed by atoms with E-state index in [9.17, 15) is 21.6 Å². The number of nitrogens with zero attached hydrogens (tertiary/aromatic N) is 1. The van der Waals surface area contributed by atoms with Crippen LogP contribution in [0.2, 0.25) is 0 Å². The van der Waals surface area contributed by atoms with Gasteiger partial charge in [0.15, 0.2) is 0 Å². The maximum absolute atomic E-state index is 12.6. The van der Waals surface area contributed by atoms with Gasteiger partial charge in [-0.25, -0.2) is 13.6 Å². The van der Waals surface area contributed by atoms with Crippen molar-refractivity contribution in [2.24, 2.45) is 10.2 Å². The highest BCUT2D eigenvalue weighted by molar-refractivity contribution is 7.89. The molecule has 23 heavy (non-hydrogen) atoms. The van der Waals surface area contributed by atoms with Crippen molar-refractivity contribution < 1.29 is 21.6 Å². The molecule has 0 unspecified atom stereocenters. The summed E-state index contributed by atoms with van der Waals surface area (Å²) in [6, 6.07) is 10.1. The van der Waals surface area contributed by atoms with E-state index in [4.69, 9.17) is 5.14 Å². The van der Waals surface area contributed by atoms with E-state index in [2.05, 4.69) is 10.5 Å². The molecule has 0 aliphatic rings. The normalized spacial score (nSPS) is 12.5. The molecular weight excluding hydrogens is 331 g/mol. The predicted molar refractivity (Wildman–Crippen MR) is 80.5 cm³/mol. The Morgan fingerprint density at radius 3 is 2.30 bits per heavy atom. The number of halogens is 3. The number of alkyl halides is 3. The summed E-state index contributed by atoms with van der Waals surface area (Å²) in [7, 11) is -3.77. The molecule has 9 heteroatoms. The second-order valence-electron chi connectivity index (χ2n) is 4.56. The van der Waals surface area contributed by atoms with Crippen molar-refractivity contribution >= 4 is 21.9 Å². The fraction of sp³-hybridized carbons (Fsp3) is 0.0714. The van der Waals surface area contributed by atoms with Crippen LogP contribution < -0.4 is 10.6 Å². The van der Waals surface area contributed by atoms with E-state index in [1.165, 1.54) is 42.6 Å². The molecule has 0 bridgehead atoms. The van der Waals surface area contributed by atoms with Crippen LogP contribution in [0.4, 0.5) is 18.9 Å². The van der Waals surface area contributed by atoms with E-state index < -0.39 is 21.8 Å². The molecule has 5 nitrogen and oxygen atoms in total. The Morgan fingerprint density at radius 1 is 1.09 bits per heavy atom. The Kier molecular flexibility index (Phi) is 4.71. The van der Waals surface area contributed by atoms with E-state index in [0.717, 1.165) is 12.1 Å². The Morgan fingerprint density at radius 2 is 1.74 bits per heavy atom. The lowest BCUT2D eigenvalue weighted by molar-refractivity contribution is -0.137. The summed E-state index contributed by atoms with van der Waals surface area (Å²) in [5.41, 5.74) is 2.55. The predicted octanol–water partition coefficient (Wildman–Crippen LogP) is 2.80. The number of hydrogen-bond acceptors (Lipinski definition) is 4. The number of benzene rings is 2. The first-order chi connectivity index (χ1) is 10.7. The summed E-state index contributed by atoms with van der Waals surface area (Å²) < 4.78 is 59.9. The number of sulfonamides is 1. The lowest BCUT2D eigenvalue weighted by Gasteiger charge is -2.06. The molecule has 0 aliphatic carbocycles. The Balaban J connectivity index is 2.07. The molecule has 2 aromatic carbocycles. The van der Waals surface area contributed by atoms with E-state index in [0.29, 0.717) is 5.69 Å². The van der Waals surface area contributed by atoms with Crippen molar-refractivity contribution in [3.63, 3.8) is 0 Å². The zero-order valence-corrected chi connectivity index (χ0v) is 12.4. The molecule has 2 aromatic rings. The van der Waals surface area contributed by atoms with Crippen LogP contribution in [0.25, 0.3) is 0 Å². The average Bonchev–Trinajstić information content (AvgIpc) is 2.46. The van der Waals surface area contributed by atoms with Crippen LogP contribution in [-0.2, 0) is 16.2 Å². The van der Waals surface area contributed by atoms with Gasteiger partial charge in [-0.15, -0.1) is 0 Å². The van der Waals surface area contributed by atoms with Crippen molar-refractivity contribution in [3.05, 3.63) is 59.7 Å². The molecule has 0 saturated heterocycles. The number of hydrazone groups is 1. The number of primary sulfonamides is 1. The van der Waals surface area contributed by atoms with Gasteiger partial charge in [-0.05, 0) is 42.0 Å². The van der Waals surface area contributed by atoms with Crippen LogP contribution in [0.1, 0.15) is 11.1 Å². The molecule has 0 heterocycles. The average molecular weight is 343 g/mol. The lowest BCUT2D eigenvalue weighted by atomic mass is 10.1. The molecule has 0 saturated carbocycles. The molecule has 0 spiro atoms. The van der Waals surface area contributed by atoms with Gasteiger partial charge in [-0.3, -0.25) is 5.43 Å². The quantitative estimate of drug-likeness (QED) is 0.661. The van der Waals surface area contributed by atoms with Crippen molar-refractivity contribution in [2.75, 3.05) is 5.43 Å². The maximum Gasteiger partial charge on any atom is 0.416 e. The van der Waals surface area contributed by atoms with Gasteiger partial charge in [0.1, 0.15) is 0 Å². The van der Waals surface area contributed by atoms with Gasteiger partial charge in [0.25, 0.3) is 0 Å². The van der Waals surface area contributed by atoms with Gasteiger partial charge in [-0.1, -0.05) is 12.1 Å². The topological polar surface area (TPSA) is 84.5 Å². The summed E-state index contributed by atoms with van der Waals surface area (Å²) in [5.74, 6) is 0. The summed E-state index contributed by atoms with van der Waals surface area (Å²) in [6.45, 7) is 0. The number of anilines is 1. The molecule has 2 rings (SSSR count). The van der Waals surface area contributed by atoms with E-state index in [-0.39, 0.29) is 10.5 Å². The lowest BCUT2D eigenvalue weighted by Crippen LogP contribution is -2.11.